The van der Waals surface area contributed by atoms with Gasteiger partial charge in [-0.25, -0.2) is 4.39 Å². The summed E-state index contributed by atoms with van der Waals surface area (Å²) in [6.07, 6.45) is 0. The number of rotatable bonds is 4. The third-order valence-corrected chi connectivity index (χ3v) is 5.43. The number of carbonyl (C=O) groups is 1. The van der Waals surface area contributed by atoms with Crippen LogP contribution in [0.5, 0.6) is 0 Å². The number of anilines is 1. The summed E-state index contributed by atoms with van der Waals surface area (Å²) >= 11 is 1.41. The van der Waals surface area contributed by atoms with Crippen molar-refractivity contribution in [3.63, 3.8) is 0 Å². The molecule has 5 aromatic rings. The van der Waals surface area contributed by atoms with E-state index < -0.39 is 11.7 Å². The van der Waals surface area contributed by atoms with Gasteiger partial charge < -0.3 is 9.73 Å². The second-order valence-electron chi connectivity index (χ2n) is 6.53. The number of carbonyl (C=O) groups excluding carboxylic acids is 1. The highest BCUT2D eigenvalue weighted by Gasteiger charge is 2.16. The lowest BCUT2D eigenvalue weighted by atomic mass is 10.1. The van der Waals surface area contributed by atoms with E-state index in [1.54, 1.807) is 34.8 Å². The van der Waals surface area contributed by atoms with Crippen LogP contribution in [0.4, 0.5) is 10.1 Å². The molecule has 0 saturated heterocycles. The van der Waals surface area contributed by atoms with E-state index in [0.717, 1.165) is 10.6 Å². The second kappa shape index (κ2) is 7.20. The third-order valence-electron chi connectivity index (χ3n) is 4.48. The summed E-state index contributed by atoms with van der Waals surface area (Å²) in [7, 11) is 0. The van der Waals surface area contributed by atoms with E-state index in [-0.39, 0.29) is 5.76 Å². The molecule has 0 bridgehead atoms. The van der Waals surface area contributed by atoms with E-state index in [1.807, 2.05) is 25.1 Å². The van der Waals surface area contributed by atoms with Crippen LogP contribution in [0.1, 0.15) is 16.4 Å². The monoisotopic (exact) mass is 419 g/mol. The lowest BCUT2D eigenvalue weighted by molar-refractivity contribution is 0.0997. The fourth-order valence-corrected chi connectivity index (χ4v) is 3.90. The minimum Gasteiger partial charge on any atom is -0.451 e. The maximum atomic E-state index is 13.9. The molecule has 7 nitrogen and oxygen atoms in total. The lowest BCUT2D eigenvalue weighted by Crippen LogP contribution is -2.10. The summed E-state index contributed by atoms with van der Waals surface area (Å²) in [5, 5.41) is 16.1. The lowest BCUT2D eigenvalue weighted by Gasteiger charge is -2.05. The van der Waals surface area contributed by atoms with Crippen LogP contribution in [-0.4, -0.2) is 25.7 Å². The highest BCUT2D eigenvalue weighted by molar-refractivity contribution is 7.19. The van der Waals surface area contributed by atoms with Crippen molar-refractivity contribution >= 4 is 27.9 Å². The van der Waals surface area contributed by atoms with Crippen molar-refractivity contribution in [1.82, 2.24) is 19.8 Å². The van der Waals surface area contributed by atoms with Gasteiger partial charge in [-0.15, -0.1) is 10.2 Å². The van der Waals surface area contributed by atoms with Crippen molar-refractivity contribution in [1.29, 1.82) is 0 Å². The number of hydrogen-bond acceptors (Lipinski definition) is 6. The molecule has 0 aliphatic carbocycles. The van der Waals surface area contributed by atoms with Crippen molar-refractivity contribution in [2.24, 2.45) is 0 Å². The Morgan fingerprint density at radius 2 is 1.97 bits per heavy atom. The van der Waals surface area contributed by atoms with Gasteiger partial charge in [0, 0.05) is 11.3 Å². The molecule has 0 aliphatic rings. The number of furan rings is 1. The predicted molar refractivity (Wildman–Crippen MR) is 111 cm³/mol. The van der Waals surface area contributed by atoms with Crippen LogP contribution in [0.25, 0.3) is 26.9 Å². The van der Waals surface area contributed by atoms with Crippen molar-refractivity contribution in [3.05, 3.63) is 78.1 Å². The minimum absolute atomic E-state index is 0.0908. The zero-order valence-corrected chi connectivity index (χ0v) is 16.5. The van der Waals surface area contributed by atoms with Crippen molar-refractivity contribution in [2.75, 3.05) is 5.32 Å². The fourth-order valence-electron chi connectivity index (χ4n) is 3.02. The minimum atomic E-state index is -0.427. The van der Waals surface area contributed by atoms with Crippen LogP contribution in [-0.2, 0) is 0 Å². The zero-order chi connectivity index (χ0) is 20.7. The summed E-state index contributed by atoms with van der Waals surface area (Å²) in [6.45, 7) is 1.83. The topological polar surface area (TPSA) is 85.3 Å². The summed E-state index contributed by atoms with van der Waals surface area (Å²) in [6, 6.07) is 16.7. The maximum Gasteiger partial charge on any atom is 0.291 e. The van der Waals surface area contributed by atoms with Crippen molar-refractivity contribution in [2.45, 2.75) is 6.92 Å². The van der Waals surface area contributed by atoms with Crippen LogP contribution in [0.15, 0.2) is 65.1 Å². The van der Waals surface area contributed by atoms with E-state index in [0.29, 0.717) is 27.8 Å². The summed E-state index contributed by atoms with van der Waals surface area (Å²) < 4.78 is 21.2. The van der Waals surface area contributed by atoms with Crippen molar-refractivity contribution < 1.29 is 13.6 Å². The smallest absolute Gasteiger partial charge is 0.291 e. The number of hydrogen-bond donors (Lipinski definition) is 1. The molecule has 9 heteroatoms. The first-order valence-corrected chi connectivity index (χ1v) is 9.85. The Morgan fingerprint density at radius 3 is 2.80 bits per heavy atom. The summed E-state index contributed by atoms with van der Waals surface area (Å²) in [4.78, 5) is 13.3. The van der Waals surface area contributed by atoms with Gasteiger partial charge >= 0.3 is 0 Å². The first kappa shape index (κ1) is 18.2. The van der Waals surface area contributed by atoms with Crippen LogP contribution in [0.2, 0.25) is 0 Å². The first-order chi connectivity index (χ1) is 14.6. The average molecular weight is 419 g/mol. The number of aromatic nitrogens is 4. The number of benzene rings is 2. The standard InChI is InChI=1S/C21H14FN5O2S/c1-12-24-25-21-27(12)26-20(30-21)13-5-4-6-14(11-13)23-19(28)18-10-9-17(29-18)15-7-2-3-8-16(15)22/h2-11H,1H3,(H,23,28). The number of halogens is 1. The Labute approximate surface area is 173 Å². The largest absolute Gasteiger partial charge is 0.451 e. The Hall–Kier alpha value is -3.85. The summed E-state index contributed by atoms with van der Waals surface area (Å²) in [5.41, 5.74) is 1.73. The normalized spacial score (nSPS) is 11.1. The number of nitrogens with one attached hydrogen (secondary N) is 1. The van der Waals surface area contributed by atoms with Crippen LogP contribution >= 0.6 is 11.3 Å². The predicted octanol–water partition coefficient (Wildman–Crippen LogP) is 4.81. The van der Waals surface area contributed by atoms with Crippen molar-refractivity contribution in [3.8, 4) is 21.9 Å². The van der Waals surface area contributed by atoms with E-state index in [1.165, 1.54) is 23.5 Å². The number of nitrogens with zero attached hydrogens (tertiary/aromatic N) is 4. The molecule has 0 radical (unpaired) electrons. The number of fused-ring (bicyclic) bond motifs is 1. The van der Waals surface area contributed by atoms with Crippen LogP contribution < -0.4 is 5.32 Å². The Bertz CT molecular complexity index is 1390. The van der Waals surface area contributed by atoms with E-state index in [2.05, 4.69) is 20.6 Å². The SMILES string of the molecule is Cc1nnc2sc(-c3cccc(NC(=O)c4ccc(-c5ccccc5F)o4)c3)nn12. The molecule has 3 heterocycles. The summed E-state index contributed by atoms with van der Waals surface area (Å²) in [5.74, 6) is 0.256. The van der Waals surface area contributed by atoms with Crippen LogP contribution in [0, 0.1) is 12.7 Å². The van der Waals surface area contributed by atoms with Gasteiger partial charge in [-0.1, -0.05) is 35.6 Å². The van der Waals surface area contributed by atoms with E-state index in [9.17, 15) is 9.18 Å². The Kier molecular flexibility index (Phi) is 4.36. The molecule has 1 N–H and O–H groups in total. The second-order valence-corrected chi connectivity index (χ2v) is 7.48. The van der Waals surface area contributed by atoms with E-state index in [4.69, 9.17) is 4.42 Å². The van der Waals surface area contributed by atoms with Gasteiger partial charge in [0.1, 0.15) is 16.6 Å². The number of amides is 1. The quantitative estimate of drug-likeness (QED) is 0.452. The van der Waals surface area contributed by atoms with E-state index >= 15 is 0 Å². The van der Waals surface area contributed by atoms with Crippen LogP contribution in [0.3, 0.4) is 0 Å². The van der Waals surface area contributed by atoms with Gasteiger partial charge in [-0.05, 0) is 43.3 Å². The average Bonchev–Trinajstić information content (AvgIpc) is 3.46. The first-order valence-electron chi connectivity index (χ1n) is 9.04. The van der Waals surface area contributed by atoms with Gasteiger partial charge in [0.15, 0.2) is 11.6 Å². The highest BCUT2D eigenvalue weighted by atomic mass is 32.1. The molecule has 0 fully saturated rings. The molecule has 5 rings (SSSR count). The Morgan fingerprint density at radius 1 is 1.10 bits per heavy atom. The molecule has 1 amide bonds. The molecule has 3 aromatic heterocycles. The molecule has 0 aliphatic heterocycles. The molecule has 0 unspecified atom stereocenters. The van der Waals surface area contributed by atoms with Gasteiger partial charge in [-0.2, -0.15) is 9.61 Å². The maximum absolute atomic E-state index is 13.9. The molecule has 2 aromatic carbocycles. The van der Waals surface area contributed by atoms with Gasteiger partial charge in [-0.3, -0.25) is 4.79 Å². The highest BCUT2D eigenvalue weighted by Crippen LogP contribution is 2.28. The molecule has 0 saturated carbocycles. The van der Waals surface area contributed by atoms with Gasteiger partial charge in [0.25, 0.3) is 5.91 Å². The Balaban J connectivity index is 1.38. The molecule has 30 heavy (non-hydrogen) atoms. The van der Waals surface area contributed by atoms with Gasteiger partial charge in [0.05, 0.1) is 5.56 Å². The molecular weight excluding hydrogens is 405 g/mol. The fraction of sp³-hybridized carbons (Fsp3) is 0.0476. The third kappa shape index (κ3) is 3.25. The number of aryl methyl sites for hydroxylation is 1. The molecule has 0 atom stereocenters. The molecule has 148 valence electrons. The molecule has 0 spiro atoms. The zero-order valence-electron chi connectivity index (χ0n) is 15.7. The molecular formula is C21H14FN5O2S. The van der Waals surface area contributed by atoms with Gasteiger partial charge in [0.2, 0.25) is 4.96 Å².